The van der Waals surface area contributed by atoms with E-state index in [0.29, 0.717) is 12.4 Å². The average molecular weight is 298 g/mol. The van der Waals surface area contributed by atoms with Crippen LogP contribution >= 0.6 is 0 Å². The van der Waals surface area contributed by atoms with E-state index in [0.717, 1.165) is 28.3 Å². The summed E-state index contributed by atoms with van der Waals surface area (Å²) in [7, 11) is 0. The lowest BCUT2D eigenvalue weighted by atomic mass is 10.1. The Morgan fingerprint density at radius 1 is 1.23 bits per heavy atom. The number of hydrogen-bond acceptors (Lipinski definition) is 6. The predicted octanol–water partition coefficient (Wildman–Crippen LogP) is 1.53. The monoisotopic (exact) mass is 298 g/mol. The molecule has 0 radical (unpaired) electrons. The van der Waals surface area contributed by atoms with Gasteiger partial charge >= 0.3 is 0 Å². The fraction of sp³-hybridized carbons (Fsp3) is 0.200. The number of benzene rings is 1. The van der Waals surface area contributed by atoms with E-state index < -0.39 is 0 Å². The highest BCUT2D eigenvalue weighted by Crippen LogP contribution is 2.36. The maximum Gasteiger partial charge on any atom is 0.231 e. The van der Waals surface area contributed by atoms with Crippen LogP contribution in [0.2, 0.25) is 0 Å². The van der Waals surface area contributed by atoms with Crippen molar-refractivity contribution in [3.8, 4) is 22.6 Å². The summed E-state index contributed by atoms with van der Waals surface area (Å²) in [5.41, 5.74) is 2.61. The minimum atomic E-state index is 0.0567. The van der Waals surface area contributed by atoms with Gasteiger partial charge in [-0.05, 0) is 23.8 Å². The fourth-order valence-electron chi connectivity index (χ4n) is 2.42. The van der Waals surface area contributed by atoms with E-state index in [1.165, 1.54) is 0 Å². The number of ether oxygens (including phenoxy) is 2. The third kappa shape index (κ3) is 2.11. The van der Waals surface area contributed by atoms with Crippen molar-refractivity contribution < 1.29 is 14.6 Å². The third-order valence-electron chi connectivity index (χ3n) is 3.47. The van der Waals surface area contributed by atoms with Crippen LogP contribution in [0, 0.1) is 0 Å². The van der Waals surface area contributed by atoms with Gasteiger partial charge in [-0.25, -0.2) is 9.50 Å². The van der Waals surface area contributed by atoms with Crippen molar-refractivity contribution >= 4 is 11.5 Å². The largest absolute Gasteiger partial charge is 0.454 e. The molecule has 0 atom stereocenters. The summed E-state index contributed by atoms with van der Waals surface area (Å²) in [6.07, 6.45) is 3.61. The molecule has 0 saturated heterocycles. The van der Waals surface area contributed by atoms with Crippen molar-refractivity contribution in [2.45, 2.75) is 0 Å². The van der Waals surface area contributed by atoms with Gasteiger partial charge in [0.15, 0.2) is 17.1 Å². The number of hydrogen-bond donors (Lipinski definition) is 2. The first-order valence-electron chi connectivity index (χ1n) is 6.94. The molecule has 3 aromatic rings. The van der Waals surface area contributed by atoms with Crippen molar-refractivity contribution in [3.63, 3.8) is 0 Å². The highest BCUT2D eigenvalue weighted by Gasteiger charge is 2.16. The second-order valence-electron chi connectivity index (χ2n) is 4.86. The van der Waals surface area contributed by atoms with Crippen molar-refractivity contribution in [1.29, 1.82) is 0 Å². The second-order valence-corrected chi connectivity index (χ2v) is 4.86. The van der Waals surface area contributed by atoms with Gasteiger partial charge in [0.05, 0.1) is 12.8 Å². The first-order valence-corrected chi connectivity index (χ1v) is 6.94. The molecule has 1 aromatic carbocycles. The topological polar surface area (TPSA) is 80.9 Å². The van der Waals surface area contributed by atoms with Crippen LogP contribution in [-0.2, 0) is 0 Å². The van der Waals surface area contributed by atoms with Gasteiger partial charge < -0.3 is 19.9 Å². The Morgan fingerprint density at radius 3 is 3.05 bits per heavy atom. The maximum absolute atomic E-state index is 8.89. The number of anilines is 1. The zero-order valence-corrected chi connectivity index (χ0v) is 11.7. The molecule has 22 heavy (non-hydrogen) atoms. The van der Waals surface area contributed by atoms with Gasteiger partial charge in [0, 0.05) is 18.3 Å². The molecule has 0 saturated carbocycles. The predicted molar refractivity (Wildman–Crippen MR) is 80.1 cm³/mol. The molecule has 1 aliphatic heterocycles. The van der Waals surface area contributed by atoms with Crippen molar-refractivity contribution in [1.82, 2.24) is 14.6 Å². The van der Waals surface area contributed by atoms with Gasteiger partial charge in [-0.15, -0.1) is 0 Å². The number of nitrogens with one attached hydrogen (secondary N) is 1. The van der Waals surface area contributed by atoms with Crippen molar-refractivity contribution in [2.24, 2.45) is 0 Å². The smallest absolute Gasteiger partial charge is 0.231 e. The molecular weight excluding hydrogens is 284 g/mol. The summed E-state index contributed by atoms with van der Waals surface area (Å²) < 4.78 is 12.5. The summed E-state index contributed by atoms with van der Waals surface area (Å²) in [4.78, 5) is 4.55. The van der Waals surface area contributed by atoms with E-state index in [2.05, 4.69) is 15.4 Å². The zero-order valence-electron chi connectivity index (χ0n) is 11.7. The first kappa shape index (κ1) is 12.9. The quantitative estimate of drug-likeness (QED) is 0.760. The van der Waals surface area contributed by atoms with E-state index in [9.17, 15) is 0 Å². The summed E-state index contributed by atoms with van der Waals surface area (Å²) in [5, 5.41) is 16.3. The molecule has 0 aliphatic carbocycles. The average Bonchev–Trinajstić information content (AvgIpc) is 3.18. The Morgan fingerprint density at radius 2 is 2.14 bits per heavy atom. The van der Waals surface area contributed by atoms with Gasteiger partial charge in [-0.2, -0.15) is 5.10 Å². The number of nitrogens with zero attached hydrogens (tertiary/aromatic N) is 3. The van der Waals surface area contributed by atoms with Crippen LogP contribution in [0.15, 0.2) is 36.7 Å². The minimum Gasteiger partial charge on any atom is -0.454 e. The molecule has 0 bridgehead atoms. The van der Waals surface area contributed by atoms with E-state index in [-0.39, 0.29) is 13.4 Å². The molecule has 0 amide bonds. The van der Waals surface area contributed by atoms with Gasteiger partial charge in [-0.1, -0.05) is 6.07 Å². The molecule has 0 spiro atoms. The third-order valence-corrected chi connectivity index (χ3v) is 3.47. The molecular formula is C15H14N4O3. The maximum atomic E-state index is 8.89. The normalized spacial score (nSPS) is 12.8. The summed E-state index contributed by atoms with van der Waals surface area (Å²) in [6.45, 7) is 0.763. The molecule has 7 heteroatoms. The molecule has 4 rings (SSSR count). The molecule has 0 unspecified atom stereocenters. The lowest BCUT2D eigenvalue weighted by molar-refractivity contribution is 0.174. The van der Waals surface area contributed by atoms with Gasteiger partial charge in [-0.3, -0.25) is 0 Å². The zero-order chi connectivity index (χ0) is 14.9. The number of rotatable bonds is 4. The van der Waals surface area contributed by atoms with E-state index in [4.69, 9.17) is 14.6 Å². The highest BCUT2D eigenvalue weighted by molar-refractivity contribution is 5.79. The Hall–Kier alpha value is -2.80. The molecule has 2 aromatic heterocycles. The first-order chi connectivity index (χ1) is 10.8. The van der Waals surface area contributed by atoms with E-state index in [1.54, 1.807) is 10.7 Å². The van der Waals surface area contributed by atoms with Gasteiger partial charge in [0.2, 0.25) is 6.79 Å². The molecule has 1 aliphatic rings. The standard InChI is InChI=1S/C15H14N4O3/c20-6-4-16-14-3-5-19-15(18-14)11(8-17-19)10-1-2-12-13(7-10)22-9-21-12/h1-3,5,7-8,20H,4,6,9H2,(H,16,18). The lowest BCUT2D eigenvalue weighted by Gasteiger charge is -2.05. The number of aliphatic hydroxyl groups is 1. The van der Waals surface area contributed by atoms with Crippen LogP contribution in [0.1, 0.15) is 0 Å². The lowest BCUT2D eigenvalue weighted by Crippen LogP contribution is -2.07. The van der Waals surface area contributed by atoms with E-state index in [1.807, 2.05) is 30.5 Å². The van der Waals surface area contributed by atoms with E-state index >= 15 is 0 Å². The van der Waals surface area contributed by atoms with Crippen LogP contribution in [0.25, 0.3) is 16.8 Å². The number of fused-ring (bicyclic) bond motifs is 2. The molecule has 2 N–H and O–H groups in total. The Kier molecular flexibility index (Phi) is 3.05. The molecule has 112 valence electrons. The van der Waals surface area contributed by atoms with Crippen molar-refractivity contribution in [3.05, 3.63) is 36.7 Å². The van der Waals surface area contributed by atoms with Crippen molar-refractivity contribution in [2.75, 3.05) is 25.3 Å². The van der Waals surface area contributed by atoms with Crippen LogP contribution in [0.4, 0.5) is 5.82 Å². The minimum absolute atomic E-state index is 0.0567. The Labute approximate surface area is 126 Å². The van der Waals surface area contributed by atoms with Gasteiger partial charge in [0.1, 0.15) is 5.82 Å². The number of aliphatic hydroxyl groups excluding tert-OH is 1. The second kappa shape index (κ2) is 5.19. The van der Waals surface area contributed by atoms with Crippen LogP contribution < -0.4 is 14.8 Å². The molecule has 7 nitrogen and oxygen atoms in total. The molecule has 0 fully saturated rings. The van der Waals surface area contributed by atoms with Crippen LogP contribution in [-0.4, -0.2) is 39.6 Å². The van der Waals surface area contributed by atoms with Gasteiger partial charge in [0.25, 0.3) is 0 Å². The molecule has 3 heterocycles. The fourth-order valence-corrected chi connectivity index (χ4v) is 2.42. The highest BCUT2D eigenvalue weighted by atomic mass is 16.7. The Bertz CT molecular complexity index is 831. The summed E-state index contributed by atoms with van der Waals surface area (Å²) in [5.74, 6) is 2.17. The number of aromatic nitrogens is 3. The Balaban J connectivity index is 1.77. The summed E-state index contributed by atoms with van der Waals surface area (Å²) in [6, 6.07) is 7.59. The SMILES string of the molecule is OCCNc1ccn2ncc(-c3ccc4c(c3)OCO4)c2n1. The summed E-state index contributed by atoms with van der Waals surface area (Å²) >= 11 is 0. The van der Waals surface area contributed by atoms with Crippen LogP contribution in [0.5, 0.6) is 11.5 Å². The van der Waals surface area contributed by atoms with Crippen LogP contribution in [0.3, 0.4) is 0 Å².